The average molecular weight is 279 g/mol. The Kier molecular flexibility index (Phi) is 4.63. The number of hydrogen-bond acceptors (Lipinski definition) is 3. The van der Waals surface area contributed by atoms with Crippen molar-refractivity contribution in [1.29, 1.82) is 0 Å². The van der Waals surface area contributed by atoms with Crippen LogP contribution in [0.2, 0.25) is 0 Å². The molecule has 0 atom stereocenters. The molecule has 0 unspecified atom stereocenters. The molecular weight excluding hydrogens is 253 g/mol. The lowest BCUT2D eigenvalue weighted by Gasteiger charge is -2.34. The second-order valence-electron chi connectivity index (χ2n) is 6.73. The Morgan fingerprint density at radius 2 is 2.20 bits per heavy atom. The number of rotatable bonds is 5. The molecule has 1 N–H and O–H groups in total. The third-order valence-corrected chi connectivity index (χ3v) is 3.93. The van der Waals surface area contributed by atoms with Crippen LogP contribution in [0.25, 0.3) is 0 Å². The van der Waals surface area contributed by atoms with Crippen LogP contribution >= 0.6 is 0 Å². The topological polar surface area (TPSA) is 28.2 Å². The Bertz CT molecular complexity index is 457. The van der Waals surface area contributed by atoms with Gasteiger partial charge in [0, 0.05) is 24.2 Å². The van der Waals surface area contributed by atoms with Crippen LogP contribution in [0.1, 0.15) is 46.1 Å². The van der Waals surface area contributed by atoms with Gasteiger partial charge < -0.3 is 10.2 Å². The van der Waals surface area contributed by atoms with E-state index in [1.807, 2.05) is 0 Å². The number of aromatic nitrogens is 1. The summed E-state index contributed by atoms with van der Waals surface area (Å²) >= 11 is 0. The first-order valence-electron chi connectivity index (χ1n) is 7.53. The SMILES string of the molecule is CC(C)CNCc1cc(F)cnc1N1CCCC1(C)C. The average Bonchev–Trinajstić information content (AvgIpc) is 2.69. The van der Waals surface area contributed by atoms with Gasteiger partial charge in [-0.1, -0.05) is 13.8 Å². The van der Waals surface area contributed by atoms with Gasteiger partial charge in [-0.2, -0.15) is 0 Å². The van der Waals surface area contributed by atoms with Gasteiger partial charge in [0.15, 0.2) is 0 Å². The number of pyridine rings is 1. The van der Waals surface area contributed by atoms with E-state index in [0.29, 0.717) is 12.5 Å². The Balaban J connectivity index is 2.19. The maximum atomic E-state index is 13.5. The van der Waals surface area contributed by atoms with E-state index < -0.39 is 0 Å². The molecule has 0 aliphatic carbocycles. The molecule has 0 bridgehead atoms. The predicted molar refractivity (Wildman–Crippen MR) is 81.4 cm³/mol. The van der Waals surface area contributed by atoms with Crippen LogP contribution in [0.15, 0.2) is 12.3 Å². The fourth-order valence-corrected chi connectivity index (χ4v) is 2.84. The van der Waals surface area contributed by atoms with E-state index in [1.165, 1.54) is 12.6 Å². The fourth-order valence-electron chi connectivity index (χ4n) is 2.84. The Labute approximate surface area is 121 Å². The smallest absolute Gasteiger partial charge is 0.141 e. The number of hydrogen-bond donors (Lipinski definition) is 1. The van der Waals surface area contributed by atoms with Crippen molar-refractivity contribution in [1.82, 2.24) is 10.3 Å². The van der Waals surface area contributed by atoms with Gasteiger partial charge in [-0.3, -0.25) is 0 Å². The van der Waals surface area contributed by atoms with E-state index in [2.05, 4.69) is 42.9 Å². The zero-order valence-electron chi connectivity index (χ0n) is 13.0. The van der Waals surface area contributed by atoms with E-state index in [4.69, 9.17) is 0 Å². The van der Waals surface area contributed by atoms with Crippen molar-refractivity contribution in [2.75, 3.05) is 18.0 Å². The zero-order valence-corrected chi connectivity index (χ0v) is 13.0. The van der Waals surface area contributed by atoms with Crippen LogP contribution in [0.5, 0.6) is 0 Å². The van der Waals surface area contributed by atoms with Crippen LogP contribution in [0.3, 0.4) is 0 Å². The van der Waals surface area contributed by atoms with E-state index >= 15 is 0 Å². The summed E-state index contributed by atoms with van der Waals surface area (Å²) in [6.07, 6.45) is 3.66. The molecule has 1 aliphatic rings. The first-order valence-corrected chi connectivity index (χ1v) is 7.53. The Hall–Kier alpha value is -1.16. The minimum absolute atomic E-state index is 0.109. The normalized spacial score (nSPS) is 18.0. The molecular formula is C16H26FN3. The van der Waals surface area contributed by atoms with Crippen LogP contribution in [-0.4, -0.2) is 23.6 Å². The van der Waals surface area contributed by atoms with Crippen molar-refractivity contribution >= 4 is 5.82 Å². The van der Waals surface area contributed by atoms with Gasteiger partial charge >= 0.3 is 0 Å². The lowest BCUT2D eigenvalue weighted by atomic mass is 10.0. The minimum atomic E-state index is -0.257. The number of nitrogens with zero attached hydrogens (tertiary/aromatic N) is 2. The molecule has 1 aromatic heterocycles. The molecule has 0 spiro atoms. The molecule has 2 rings (SSSR count). The molecule has 112 valence electrons. The zero-order chi connectivity index (χ0) is 14.8. The molecule has 1 aromatic rings. The largest absolute Gasteiger partial charge is 0.351 e. The fraction of sp³-hybridized carbons (Fsp3) is 0.688. The van der Waals surface area contributed by atoms with Crippen molar-refractivity contribution in [3.63, 3.8) is 0 Å². The summed E-state index contributed by atoms with van der Waals surface area (Å²) in [4.78, 5) is 6.68. The molecule has 0 saturated carbocycles. The minimum Gasteiger partial charge on any atom is -0.351 e. The Morgan fingerprint density at radius 3 is 2.80 bits per heavy atom. The van der Waals surface area contributed by atoms with E-state index in [9.17, 15) is 4.39 Å². The van der Waals surface area contributed by atoms with Crippen LogP contribution in [0.4, 0.5) is 10.2 Å². The summed E-state index contributed by atoms with van der Waals surface area (Å²) in [6, 6.07) is 1.62. The first kappa shape index (κ1) is 15.2. The second kappa shape index (κ2) is 6.08. The van der Waals surface area contributed by atoms with Gasteiger partial charge in [0.2, 0.25) is 0 Å². The van der Waals surface area contributed by atoms with Crippen molar-refractivity contribution in [2.24, 2.45) is 5.92 Å². The van der Waals surface area contributed by atoms with Gasteiger partial charge in [-0.05, 0) is 45.2 Å². The lowest BCUT2D eigenvalue weighted by Crippen LogP contribution is -2.39. The van der Waals surface area contributed by atoms with Gasteiger partial charge in [-0.15, -0.1) is 0 Å². The molecule has 1 fully saturated rings. The van der Waals surface area contributed by atoms with Crippen LogP contribution in [-0.2, 0) is 6.54 Å². The Morgan fingerprint density at radius 1 is 1.45 bits per heavy atom. The molecule has 4 heteroatoms. The quantitative estimate of drug-likeness (QED) is 0.896. The molecule has 0 radical (unpaired) electrons. The van der Waals surface area contributed by atoms with Crippen molar-refractivity contribution < 1.29 is 4.39 Å². The van der Waals surface area contributed by atoms with Crippen molar-refractivity contribution in [2.45, 2.75) is 52.6 Å². The highest BCUT2D eigenvalue weighted by Gasteiger charge is 2.33. The standard InChI is InChI=1S/C16H26FN3/c1-12(2)9-18-10-13-8-14(17)11-19-15(13)20-7-5-6-16(20,3)4/h8,11-12,18H,5-7,9-10H2,1-4H3. The van der Waals surface area contributed by atoms with Gasteiger partial charge in [0.05, 0.1) is 6.20 Å². The number of anilines is 1. The molecule has 1 saturated heterocycles. The van der Waals surface area contributed by atoms with Crippen LogP contribution < -0.4 is 10.2 Å². The number of halogens is 1. The molecule has 0 amide bonds. The van der Waals surface area contributed by atoms with E-state index in [0.717, 1.165) is 30.9 Å². The van der Waals surface area contributed by atoms with Gasteiger partial charge in [0.1, 0.15) is 11.6 Å². The van der Waals surface area contributed by atoms with Crippen LogP contribution in [0, 0.1) is 11.7 Å². The number of nitrogens with one attached hydrogen (secondary N) is 1. The maximum Gasteiger partial charge on any atom is 0.141 e. The highest BCUT2D eigenvalue weighted by Crippen LogP contribution is 2.34. The molecule has 1 aliphatic heterocycles. The van der Waals surface area contributed by atoms with Crippen molar-refractivity contribution in [3.8, 4) is 0 Å². The molecule has 0 aromatic carbocycles. The summed E-state index contributed by atoms with van der Waals surface area (Å²) in [5.74, 6) is 1.26. The molecule has 2 heterocycles. The van der Waals surface area contributed by atoms with Gasteiger partial charge in [0.25, 0.3) is 0 Å². The van der Waals surface area contributed by atoms with E-state index in [-0.39, 0.29) is 11.4 Å². The monoisotopic (exact) mass is 279 g/mol. The second-order valence-corrected chi connectivity index (χ2v) is 6.73. The summed E-state index contributed by atoms with van der Waals surface area (Å²) in [5.41, 5.74) is 1.07. The summed E-state index contributed by atoms with van der Waals surface area (Å²) in [7, 11) is 0. The first-order chi connectivity index (χ1) is 9.40. The summed E-state index contributed by atoms with van der Waals surface area (Å²) < 4.78 is 13.5. The van der Waals surface area contributed by atoms with Crippen molar-refractivity contribution in [3.05, 3.63) is 23.6 Å². The molecule has 20 heavy (non-hydrogen) atoms. The molecule has 3 nitrogen and oxygen atoms in total. The maximum absolute atomic E-state index is 13.5. The lowest BCUT2D eigenvalue weighted by molar-refractivity contribution is 0.507. The summed E-state index contributed by atoms with van der Waals surface area (Å²) in [6.45, 7) is 11.4. The van der Waals surface area contributed by atoms with E-state index in [1.54, 1.807) is 6.07 Å². The predicted octanol–water partition coefficient (Wildman–Crippen LogP) is 3.35. The third-order valence-electron chi connectivity index (χ3n) is 3.93. The highest BCUT2D eigenvalue weighted by molar-refractivity contribution is 5.50. The summed E-state index contributed by atoms with van der Waals surface area (Å²) in [5, 5.41) is 3.39. The van der Waals surface area contributed by atoms with Gasteiger partial charge in [-0.25, -0.2) is 9.37 Å². The highest BCUT2D eigenvalue weighted by atomic mass is 19.1. The third kappa shape index (κ3) is 3.48.